The number of aryl methyl sites for hydroxylation is 1. The normalized spacial score (nSPS) is 10.8. The average Bonchev–Trinajstić information content (AvgIpc) is 2.80. The summed E-state index contributed by atoms with van der Waals surface area (Å²) in [6, 6.07) is 7.63. The second kappa shape index (κ2) is 6.34. The van der Waals surface area contributed by atoms with Gasteiger partial charge in [-0.3, -0.25) is 9.48 Å². The lowest BCUT2D eigenvalue weighted by Gasteiger charge is -2.11. The van der Waals surface area contributed by atoms with E-state index in [1.165, 1.54) is 0 Å². The molecule has 0 unspecified atom stereocenters. The Bertz CT molecular complexity index is 573. The minimum absolute atomic E-state index is 0.591. The smallest absolute Gasteiger partial charge is 0.153 e. The maximum absolute atomic E-state index is 11.0. The minimum Gasteiger partial charge on any atom is -0.492 e. The van der Waals surface area contributed by atoms with Crippen LogP contribution in [0.3, 0.4) is 0 Å². The van der Waals surface area contributed by atoms with Crippen LogP contribution in [-0.2, 0) is 7.05 Å². The van der Waals surface area contributed by atoms with Gasteiger partial charge in [-0.05, 0) is 38.4 Å². The van der Waals surface area contributed by atoms with Crippen LogP contribution in [0.2, 0.25) is 0 Å². The molecular formula is C15H19N3O2. The van der Waals surface area contributed by atoms with Gasteiger partial charge < -0.3 is 9.64 Å². The van der Waals surface area contributed by atoms with Crippen LogP contribution in [0.5, 0.6) is 5.75 Å². The minimum atomic E-state index is 0.591. The summed E-state index contributed by atoms with van der Waals surface area (Å²) in [6.45, 7) is 1.52. The number of nitrogens with zero attached hydrogens (tertiary/aromatic N) is 3. The van der Waals surface area contributed by atoms with Gasteiger partial charge in [0.25, 0.3) is 0 Å². The van der Waals surface area contributed by atoms with Gasteiger partial charge in [0, 0.05) is 25.4 Å². The van der Waals surface area contributed by atoms with Gasteiger partial charge in [-0.25, -0.2) is 0 Å². The molecule has 1 aromatic carbocycles. The van der Waals surface area contributed by atoms with Crippen molar-refractivity contribution in [3.05, 3.63) is 36.0 Å². The van der Waals surface area contributed by atoms with E-state index >= 15 is 0 Å². The Labute approximate surface area is 118 Å². The maximum Gasteiger partial charge on any atom is 0.153 e. The first-order valence-electron chi connectivity index (χ1n) is 6.47. The van der Waals surface area contributed by atoms with Gasteiger partial charge in [0.15, 0.2) is 6.29 Å². The van der Waals surface area contributed by atoms with E-state index < -0.39 is 0 Å². The molecule has 2 rings (SSSR count). The van der Waals surface area contributed by atoms with E-state index in [2.05, 4.69) is 10.00 Å². The highest BCUT2D eigenvalue weighted by Gasteiger charge is 2.09. The first-order chi connectivity index (χ1) is 9.60. The fourth-order valence-electron chi connectivity index (χ4n) is 1.87. The summed E-state index contributed by atoms with van der Waals surface area (Å²) in [7, 11) is 5.82. The van der Waals surface area contributed by atoms with Crippen molar-refractivity contribution in [2.24, 2.45) is 7.05 Å². The Balaban J connectivity index is 2.09. The Morgan fingerprint density at radius 2 is 2.00 bits per heavy atom. The highest BCUT2D eigenvalue weighted by Crippen LogP contribution is 2.23. The van der Waals surface area contributed by atoms with Crippen LogP contribution in [0.25, 0.3) is 11.3 Å². The van der Waals surface area contributed by atoms with E-state index in [1.807, 2.05) is 38.4 Å². The molecule has 0 N–H and O–H groups in total. The zero-order valence-electron chi connectivity index (χ0n) is 12.0. The van der Waals surface area contributed by atoms with Gasteiger partial charge in [-0.15, -0.1) is 0 Å². The summed E-state index contributed by atoms with van der Waals surface area (Å²) in [4.78, 5) is 13.1. The number of aromatic nitrogens is 2. The third kappa shape index (κ3) is 3.45. The van der Waals surface area contributed by atoms with E-state index in [4.69, 9.17) is 4.74 Å². The second-order valence-corrected chi connectivity index (χ2v) is 4.90. The number of aldehydes is 1. The molecule has 5 nitrogen and oxygen atoms in total. The third-order valence-corrected chi connectivity index (χ3v) is 2.92. The molecule has 0 atom stereocenters. The Morgan fingerprint density at radius 3 is 2.60 bits per heavy atom. The standard InChI is InChI=1S/C15H19N3O2/c1-17(2)8-9-20-14-6-4-12(5-7-14)15-13(11-19)10-18(3)16-15/h4-7,10-11H,8-9H2,1-3H3. The van der Waals surface area contributed by atoms with Crippen molar-refractivity contribution in [3.63, 3.8) is 0 Å². The predicted molar refractivity (Wildman–Crippen MR) is 78.1 cm³/mol. The summed E-state index contributed by atoms with van der Waals surface area (Å²) in [5, 5.41) is 4.30. The molecule has 0 amide bonds. The number of carbonyl (C=O) groups is 1. The van der Waals surface area contributed by atoms with Crippen LogP contribution in [0.4, 0.5) is 0 Å². The second-order valence-electron chi connectivity index (χ2n) is 4.90. The molecule has 0 fully saturated rings. The van der Waals surface area contributed by atoms with Gasteiger partial charge in [-0.1, -0.05) is 0 Å². The molecule has 0 aliphatic carbocycles. The number of likely N-dealkylation sites (N-methyl/N-ethyl adjacent to an activating group) is 1. The number of hydrogen-bond donors (Lipinski definition) is 0. The summed E-state index contributed by atoms with van der Waals surface area (Å²) in [5.41, 5.74) is 2.20. The van der Waals surface area contributed by atoms with Crippen molar-refractivity contribution in [3.8, 4) is 17.0 Å². The molecule has 0 aliphatic rings. The molecule has 5 heteroatoms. The molecule has 106 valence electrons. The number of hydrogen-bond acceptors (Lipinski definition) is 4. The molecule has 20 heavy (non-hydrogen) atoms. The fraction of sp³-hybridized carbons (Fsp3) is 0.333. The van der Waals surface area contributed by atoms with Crippen molar-refractivity contribution in [2.75, 3.05) is 27.2 Å². The van der Waals surface area contributed by atoms with E-state index in [-0.39, 0.29) is 0 Å². The van der Waals surface area contributed by atoms with E-state index in [0.29, 0.717) is 17.9 Å². The first-order valence-corrected chi connectivity index (χ1v) is 6.47. The van der Waals surface area contributed by atoms with Crippen LogP contribution < -0.4 is 4.74 Å². The lowest BCUT2D eigenvalue weighted by Crippen LogP contribution is -2.19. The van der Waals surface area contributed by atoms with E-state index in [9.17, 15) is 4.79 Å². The van der Waals surface area contributed by atoms with Crippen LogP contribution in [0.15, 0.2) is 30.5 Å². The van der Waals surface area contributed by atoms with Crippen LogP contribution in [0, 0.1) is 0 Å². The van der Waals surface area contributed by atoms with Gasteiger partial charge in [-0.2, -0.15) is 5.10 Å². The Kier molecular flexibility index (Phi) is 4.53. The zero-order chi connectivity index (χ0) is 14.5. The lowest BCUT2D eigenvalue weighted by atomic mass is 10.1. The molecular weight excluding hydrogens is 254 g/mol. The van der Waals surface area contributed by atoms with E-state index in [1.54, 1.807) is 17.9 Å². The molecule has 0 saturated heterocycles. The topological polar surface area (TPSA) is 47.4 Å². The number of carbonyl (C=O) groups excluding carboxylic acids is 1. The average molecular weight is 273 g/mol. The van der Waals surface area contributed by atoms with Crippen molar-refractivity contribution < 1.29 is 9.53 Å². The van der Waals surface area contributed by atoms with Crippen LogP contribution >= 0.6 is 0 Å². The van der Waals surface area contributed by atoms with Crippen LogP contribution in [-0.4, -0.2) is 48.2 Å². The van der Waals surface area contributed by atoms with Crippen molar-refractivity contribution in [2.45, 2.75) is 0 Å². The molecule has 0 saturated carbocycles. The molecule has 1 heterocycles. The summed E-state index contributed by atoms with van der Waals surface area (Å²) < 4.78 is 7.27. The fourth-order valence-corrected chi connectivity index (χ4v) is 1.87. The third-order valence-electron chi connectivity index (χ3n) is 2.92. The summed E-state index contributed by atoms with van der Waals surface area (Å²) in [5.74, 6) is 0.819. The molecule has 0 bridgehead atoms. The number of rotatable bonds is 6. The van der Waals surface area contributed by atoms with Gasteiger partial charge in [0.1, 0.15) is 18.1 Å². The van der Waals surface area contributed by atoms with Crippen molar-refractivity contribution in [1.29, 1.82) is 0 Å². The van der Waals surface area contributed by atoms with Crippen molar-refractivity contribution >= 4 is 6.29 Å². The molecule has 0 spiro atoms. The zero-order valence-corrected chi connectivity index (χ0v) is 12.0. The molecule has 0 aliphatic heterocycles. The largest absolute Gasteiger partial charge is 0.492 e. The molecule has 1 aromatic heterocycles. The number of benzene rings is 1. The van der Waals surface area contributed by atoms with Crippen LogP contribution in [0.1, 0.15) is 10.4 Å². The lowest BCUT2D eigenvalue weighted by molar-refractivity contribution is 0.112. The molecule has 0 radical (unpaired) electrons. The first kappa shape index (κ1) is 14.3. The Morgan fingerprint density at radius 1 is 1.30 bits per heavy atom. The predicted octanol–water partition coefficient (Wildman–Crippen LogP) is 1.84. The monoisotopic (exact) mass is 273 g/mol. The van der Waals surface area contributed by atoms with Gasteiger partial charge in [0.2, 0.25) is 0 Å². The Hall–Kier alpha value is -2.14. The molecule has 2 aromatic rings. The highest BCUT2D eigenvalue weighted by molar-refractivity contribution is 5.85. The highest BCUT2D eigenvalue weighted by atomic mass is 16.5. The van der Waals surface area contributed by atoms with E-state index in [0.717, 1.165) is 24.1 Å². The van der Waals surface area contributed by atoms with Gasteiger partial charge >= 0.3 is 0 Å². The maximum atomic E-state index is 11.0. The summed E-state index contributed by atoms with van der Waals surface area (Å²) in [6.07, 6.45) is 2.54. The quantitative estimate of drug-likeness (QED) is 0.753. The van der Waals surface area contributed by atoms with Gasteiger partial charge in [0.05, 0.1) is 5.56 Å². The number of ether oxygens (including phenoxy) is 1. The summed E-state index contributed by atoms with van der Waals surface area (Å²) >= 11 is 0. The SMILES string of the molecule is CN(C)CCOc1ccc(-c2nn(C)cc2C=O)cc1. The van der Waals surface area contributed by atoms with Crippen molar-refractivity contribution in [1.82, 2.24) is 14.7 Å².